The van der Waals surface area contributed by atoms with Gasteiger partial charge in [0.15, 0.2) is 0 Å². The van der Waals surface area contributed by atoms with Gasteiger partial charge in [0.1, 0.15) is 0 Å². The Balaban J connectivity index is 1.20. The minimum atomic E-state index is 0.297. The van der Waals surface area contributed by atoms with Gasteiger partial charge in [0.25, 0.3) is 0 Å². The summed E-state index contributed by atoms with van der Waals surface area (Å²) in [5, 5.41) is 2.74. The predicted octanol–water partition coefficient (Wildman–Crippen LogP) is 9.57. The summed E-state index contributed by atoms with van der Waals surface area (Å²) in [6.07, 6.45) is 0. The van der Waals surface area contributed by atoms with Gasteiger partial charge in [-0.2, -0.15) is 0 Å². The van der Waals surface area contributed by atoms with Crippen LogP contribution in [0.1, 0.15) is 0 Å². The third-order valence-corrected chi connectivity index (χ3v) is 10.3. The van der Waals surface area contributed by atoms with Crippen molar-refractivity contribution >= 4 is 33.8 Å². The topological polar surface area (TPSA) is 38.7 Å². The number of hydrogen-bond acceptors (Lipinski definition) is 3. The molecular weight excluding hydrogens is 589 g/mol. The number of fused-ring (bicyclic) bond motifs is 3. The molecular formula is C39H25N3Se. The van der Waals surface area contributed by atoms with Crippen LogP contribution in [-0.2, 0) is 0 Å². The van der Waals surface area contributed by atoms with Crippen LogP contribution in [0.2, 0.25) is 0 Å². The number of aromatic nitrogens is 3. The molecule has 8 rings (SSSR count). The van der Waals surface area contributed by atoms with E-state index in [1.54, 1.807) is 0 Å². The van der Waals surface area contributed by atoms with E-state index < -0.39 is 0 Å². The fraction of sp³-hybridized carbons (Fsp3) is 0. The first-order valence-corrected chi connectivity index (χ1v) is 16.0. The van der Waals surface area contributed by atoms with Gasteiger partial charge in [-0.05, 0) is 11.1 Å². The molecule has 8 aromatic rings. The molecule has 3 nitrogen and oxygen atoms in total. The zero-order valence-electron chi connectivity index (χ0n) is 23.2. The second-order valence-electron chi connectivity index (χ2n) is 10.5. The van der Waals surface area contributed by atoms with E-state index in [2.05, 4.69) is 115 Å². The fourth-order valence-corrected chi connectivity index (χ4v) is 8.16. The van der Waals surface area contributed by atoms with Crippen LogP contribution in [0.4, 0.5) is 0 Å². The van der Waals surface area contributed by atoms with Crippen molar-refractivity contribution in [3.8, 4) is 56.4 Å². The molecule has 0 aliphatic rings. The van der Waals surface area contributed by atoms with Crippen molar-refractivity contribution in [2.45, 2.75) is 0 Å². The second-order valence-corrected chi connectivity index (χ2v) is 12.7. The first kappa shape index (κ1) is 25.6. The quantitative estimate of drug-likeness (QED) is 0.181. The van der Waals surface area contributed by atoms with E-state index in [0.717, 1.165) is 22.3 Å². The van der Waals surface area contributed by atoms with Crippen molar-refractivity contribution in [2.75, 3.05) is 0 Å². The van der Waals surface area contributed by atoms with E-state index in [0.29, 0.717) is 32.0 Å². The Morgan fingerprint density at radius 3 is 1.40 bits per heavy atom. The van der Waals surface area contributed by atoms with E-state index in [-0.39, 0.29) is 0 Å². The summed E-state index contributed by atoms with van der Waals surface area (Å²) in [5.74, 6) is 1.99. The van der Waals surface area contributed by atoms with E-state index in [9.17, 15) is 0 Å². The SMILES string of the molecule is c1ccc(-c2ccc(-c3nc(-c4ccccc4)nc(-c4ccc(-c5cccc6c5[se]c5ccccc56)cc4)n3)cc2)cc1. The minimum Gasteiger partial charge on any atom is -0.0617 e. The summed E-state index contributed by atoms with van der Waals surface area (Å²) < 4.78 is 2.91. The molecule has 0 aliphatic carbocycles. The van der Waals surface area contributed by atoms with Crippen molar-refractivity contribution in [1.82, 2.24) is 15.0 Å². The van der Waals surface area contributed by atoms with Gasteiger partial charge < -0.3 is 0 Å². The molecule has 0 saturated carbocycles. The first-order chi connectivity index (χ1) is 21.3. The van der Waals surface area contributed by atoms with Gasteiger partial charge in [0, 0.05) is 0 Å². The summed E-state index contributed by atoms with van der Waals surface area (Å²) in [4.78, 5) is 14.8. The number of hydrogen-bond donors (Lipinski definition) is 0. The molecule has 0 bridgehead atoms. The molecule has 202 valence electrons. The van der Waals surface area contributed by atoms with Gasteiger partial charge in [-0.15, -0.1) is 0 Å². The van der Waals surface area contributed by atoms with Gasteiger partial charge >= 0.3 is 209 Å². The van der Waals surface area contributed by atoms with E-state index in [4.69, 9.17) is 15.0 Å². The third kappa shape index (κ3) is 4.87. The van der Waals surface area contributed by atoms with Crippen LogP contribution in [0, 0.1) is 0 Å². The van der Waals surface area contributed by atoms with Gasteiger partial charge in [0.05, 0.1) is 0 Å². The Morgan fingerprint density at radius 2 is 0.767 bits per heavy atom. The van der Waals surface area contributed by atoms with Crippen molar-refractivity contribution in [3.63, 3.8) is 0 Å². The van der Waals surface area contributed by atoms with Crippen molar-refractivity contribution in [1.29, 1.82) is 0 Å². The van der Waals surface area contributed by atoms with Crippen LogP contribution in [0.25, 0.3) is 75.7 Å². The summed E-state index contributed by atoms with van der Waals surface area (Å²) >= 11 is 0.297. The van der Waals surface area contributed by atoms with Crippen molar-refractivity contribution in [2.24, 2.45) is 0 Å². The fourth-order valence-electron chi connectivity index (χ4n) is 5.57. The van der Waals surface area contributed by atoms with Crippen LogP contribution in [-0.4, -0.2) is 29.5 Å². The Morgan fingerprint density at radius 1 is 0.326 bits per heavy atom. The number of benzene rings is 6. The van der Waals surface area contributed by atoms with Crippen LogP contribution in [0.5, 0.6) is 0 Å². The predicted molar refractivity (Wildman–Crippen MR) is 179 cm³/mol. The summed E-state index contributed by atoms with van der Waals surface area (Å²) in [6, 6.07) is 53.1. The van der Waals surface area contributed by atoms with E-state index in [1.807, 2.05) is 36.4 Å². The molecule has 0 fully saturated rings. The third-order valence-electron chi connectivity index (χ3n) is 7.78. The average molecular weight is 615 g/mol. The van der Waals surface area contributed by atoms with Crippen LogP contribution in [0.3, 0.4) is 0 Å². The monoisotopic (exact) mass is 615 g/mol. The molecule has 0 unspecified atom stereocenters. The van der Waals surface area contributed by atoms with Gasteiger partial charge in [-0.25, -0.2) is 0 Å². The molecule has 0 saturated heterocycles. The van der Waals surface area contributed by atoms with Crippen LogP contribution < -0.4 is 0 Å². The molecule has 0 N–H and O–H groups in total. The molecule has 0 aliphatic heterocycles. The maximum atomic E-state index is 4.97. The molecule has 2 aromatic heterocycles. The first-order valence-electron chi connectivity index (χ1n) is 14.3. The van der Waals surface area contributed by atoms with Crippen LogP contribution in [0.15, 0.2) is 152 Å². The smallest absolute Gasteiger partial charge is 0.0617 e. The molecule has 6 aromatic carbocycles. The van der Waals surface area contributed by atoms with E-state index in [1.165, 1.54) is 36.0 Å². The zero-order valence-corrected chi connectivity index (χ0v) is 24.9. The Bertz CT molecular complexity index is 2200. The molecule has 4 heteroatoms. The molecule has 0 atom stereocenters. The van der Waals surface area contributed by atoms with Crippen molar-refractivity contribution in [3.05, 3.63) is 152 Å². The Hall–Kier alpha value is -5.15. The zero-order chi connectivity index (χ0) is 28.6. The van der Waals surface area contributed by atoms with Gasteiger partial charge in [-0.1, -0.05) is 36.4 Å². The van der Waals surface area contributed by atoms with Crippen LogP contribution >= 0.6 is 0 Å². The number of nitrogens with zero attached hydrogens (tertiary/aromatic N) is 3. The molecule has 0 amide bonds. The van der Waals surface area contributed by atoms with E-state index >= 15 is 0 Å². The molecule has 2 heterocycles. The Labute approximate surface area is 255 Å². The number of rotatable bonds is 5. The second kappa shape index (κ2) is 10.9. The molecule has 0 radical (unpaired) electrons. The molecule has 0 spiro atoms. The average Bonchev–Trinajstić information content (AvgIpc) is 3.48. The summed E-state index contributed by atoms with van der Waals surface area (Å²) in [5.41, 5.74) is 7.75. The Kier molecular flexibility index (Phi) is 6.49. The normalized spacial score (nSPS) is 11.3. The molecule has 43 heavy (non-hydrogen) atoms. The van der Waals surface area contributed by atoms with Gasteiger partial charge in [0.2, 0.25) is 0 Å². The summed E-state index contributed by atoms with van der Waals surface area (Å²) in [7, 11) is 0. The van der Waals surface area contributed by atoms with Gasteiger partial charge in [-0.3, -0.25) is 0 Å². The summed E-state index contributed by atoms with van der Waals surface area (Å²) in [6.45, 7) is 0. The van der Waals surface area contributed by atoms with Crippen molar-refractivity contribution < 1.29 is 0 Å². The standard InChI is InChI=1S/C39H25N3Se/c1-3-10-26(11-4-1)27-18-22-30(23-19-27)38-40-37(29-12-5-2-6-13-29)41-39(42-38)31-24-20-28(21-25-31)32-15-9-16-34-33-14-7-8-17-35(33)43-36(32)34/h1-25H. The minimum absolute atomic E-state index is 0.297. The maximum absolute atomic E-state index is 4.97.